The Balaban J connectivity index is 1.32. The van der Waals surface area contributed by atoms with Gasteiger partial charge in [0.05, 0.1) is 0 Å². The molecule has 2 heterocycles. The summed E-state index contributed by atoms with van der Waals surface area (Å²) in [6, 6.07) is 11.6. The average molecular weight is 436 g/mol. The van der Waals surface area contributed by atoms with Crippen molar-refractivity contribution in [2.75, 3.05) is 37.7 Å². The second kappa shape index (κ2) is 8.37. The lowest BCUT2D eigenvalue weighted by Gasteiger charge is -2.31. The Morgan fingerprint density at radius 2 is 1.88 bits per heavy atom. The molecule has 5 rings (SSSR count). The predicted octanol–water partition coefficient (Wildman–Crippen LogP) is 3.54. The molecule has 2 aromatic carbocycles. The molecule has 3 aliphatic rings. The highest BCUT2D eigenvalue weighted by Crippen LogP contribution is 2.44. The lowest BCUT2D eigenvalue weighted by atomic mass is 9.78. The van der Waals surface area contributed by atoms with Gasteiger partial charge in [0.2, 0.25) is 0 Å². The van der Waals surface area contributed by atoms with Gasteiger partial charge in [0.1, 0.15) is 13.2 Å². The van der Waals surface area contributed by atoms with Crippen LogP contribution in [-0.4, -0.2) is 44.8 Å². The summed E-state index contributed by atoms with van der Waals surface area (Å²) < 4.78 is 11.5. The fraction of sp³-hybridized carbons (Fsp3) is 0.440. The number of urea groups is 1. The van der Waals surface area contributed by atoms with Crippen molar-refractivity contribution in [3.63, 3.8) is 0 Å². The number of aryl methyl sites for hydroxylation is 1. The van der Waals surface area contributed by atoms with E-state index in [9.17, 15) is 9.59 Å². The van der Waals surface area contributed by atoms with Gasteiger partial charge in [-0.3, -0.25) is 9.69 Å². The summed E-state index contributed by atoms with van der Waals surface area (Å²) in [5.41, 5.74) is 3.48. The lowest BCUT2D eigenvalue weighted by Crippen LogP contribution is -2.39. The number of hydrogen-bond acceptors (Lipinski definition) is 4. The topological polar surface area (TPSA) is 79.9 Å². The van der Waals surface area contributed by atoms with Crippen molar-refractivity contribution in [3.8, 4) is 11.5 Å². The third-order valence-corrected chi connectivity index (χ3v) is 6.91. The number of carbonyl (C=O) groups is 2. The van der Waals surface area contributed by atoms with Gasteiger partial charge in [0, 0.05) is 36.3 Å². The van der Waals surface area contributed by atoms with Crippen LogP contribution in [0.4, 0.5) is 10.5 Å². The molecule has 0 radical (unpaired) electrons. The number of nitrogens with zero attached hydrogens (tertiary/aromatic N) is 1. The highest BCUT2D eigenvalue weighted by Gasteiger charge is 2.37. The maximum atomic E-state index is 13.0. The highest BCUT2D eigenvalue weighted by atomic mass is 16.6. The zero-order valence-electron chi connectivity index (χ0n) is 18.4. The van der Waals surface area contributed by atoms with Crippen molar-refractivity contribution in [2.45, 2.75) is 38.0 Å². The van der Waals surface area contributed by atoms with Crippen molar-refractivity contribution in [2.24, 2.45) is 0 Å². The van der Waals surface area contributed by atoms with Crippen molar-refractivity contribution in [1.29, 1.82) is 0 Å². The number of ether oxygens (including phenoxy) is 2. The van der Waals surface area contributed by atoms with Crippen LogP contribution in [0.2, 0.25) is 0 Å². The van der Waals surface area contributed by atoms with Crippen LogP contribution in [0.3, 0.4) is 0 Å². The number of hydrogen-bond donors (Lipinski definition) is 2. The van der Waals surface area contributed by atoms with Crippen LogP contribution in [0.1, 0.15) is 47.2 Å². The first-order valence-corrected chi connectivity index (χ1v) is 11.4. The van der Waals surface area contributed by atoms with Crippen LogP contribution in [-0.2, 0) is 5.41 Å². The minimum absolute atomic E-state index is 0.0886. The van der Waals surface area contributed by atoms with Gasteiger partial charge >= 0.3 is 6.03 Å². The second-order valence-electron chi connectivity index (χ2n) is 8.91. The number of rotatable bonds is 5. The molecular weight excluding hydrogens is 406 g/mol. The van der Waals surface area contributed by atoms with Crippen LogP contribution < -0.4 is 25.0 Å². The Bertz CT molecular complexity index is 1050. The first kappa shape index (κ1) is 20.7. The lowest BCUT2D eigenvalue weighted by molar-refractivity contribution is 0.0943. The Kier molecular flexibility index (Phi) is 5.41. The first-order valence-electron chi connectivity index (χ1n) is 11.4. The van der Waals surface area contributed by atoms with E-state index in [0.29, 0.717) is 38.4 Å². The third kappa shape index (κ3) is 3.76. The van der Waals surface area contributed by atoms with Crippen LogP contribution >= 0.6 is 0 Å². The minimum Gasteiger partial charge on any atom is -0.486 e. The van der Waals surface area contributed by atoms with E-state index in [-0.39, 0.29) is 17.4 Å². The SMILES string of the molecule is Cc1cc(C(=O)NCC2(c3ccc4c(c3)OCCO4)CCCC2)ccc1N1CCNC1=O. The normalized spacial score (nSPS) is 19.0. The first-order chi connectivity index (χ1) is 15.6. The summed E-state index contributed by atoms with van der Waals surface area (Å²) in [6.07, 6.45) is 4.37. The van der Waals surface area contributed by atoms with Crippen LogP contribution in [0, 0.1) is 6.92 Å². The number of nitrogens with one attached hydrogen (secondary N) is 2. The number of anilines is 1. The molecule has 2 N–H and O–H groups in total. The molecule has 1 aliphatic carbocycles. The van der Waals surface area contributed by atoms with E-state index in [2.05, 4.69) is 22.8 Å². The molecule has 0 aromatic heterocycles. The van der Waals surface area contributed by atoms with Crippen molar-refractivity contribution in [3.05, 3.63) is 53.1 Å². The van der Waals surface area contributed by atoms with Gasteiger partial charge < -0.3 is 20.1 Å². The molecule has 3 amide bonds. The number of fused-ring (bicyclic) bond motifs is 1. The summed E-state index contributed by atoms with van der Waals surface area (Å²) in [7, 11) is 0. The number of carbonyl (C=O) groups excluding carboxylic acids is 2. The fourth-order valence-corrected chi connectivity index (χ4v) is 5.15. The molecule has 168 valence electrons. The van der Waals surface area contributed by atoms with Gasteiger partial charge in [-0.1, -0.05) is 18.9 Å². The van der Waals surface area contributed by atoms with E-state index in [1.165, 1.54) is 5.56 Å². The predicted molar refractivity (Wildman–Crippen MR) is 122 cm³/mol. The molecule has 1 saturated carbocycles. The Morgan fingerprint density at radius 1 is 1.09 bits per heavy atom. The molecule has 0 unspecified atom stereocenters. The van der Waals surface area contributed by atoms with Crippen molar-refractivity contribution < 1.29 is 19.1 Å². The summed E-state index contributed by atoms with van der Waals surface area (Å²) in [4.78, 5) is 26.7. The Labute approximate surface area is 188 Å². The number of amides is 3. The maximum Gasteiger partial charge on any atom is 0.322 e. The second-order valence-corrected chi connectivity index (χ2v) is 8.91. The maximum absolute atomic E-state index is 13.0. The van der Waals surface area contributed by atoms with Crippen molar-refractivity contribution in [1.82, 2.24) is 10.6 Å². The summed E-state index contributed by atoms with van der Waals surface area (Å²) in [5.74, 6) is 1.50. The molecule has 0 atom stereocenters. The van der Waals surface area contributed by atoms with E-state index in [0.717, 1.165) is 48.4 Å². The Hall–Kier alpha value is -3.22. The zero-order chi connectivity index (χ0) is 22.1. The van der Waals surface area contributed by atoms with E-state index >= 15 is 0 Å². The van der Waals surface area contributed by atoms with E-state index in [1.54, 1.807) is 11.0 Å². The fourth-order valence-electron chi connectivity index (χ4n) is 5.15. The zero-order valence-corrected chi connectivity index (χ0v) is 18.4. The molecule has 2 fully saturated rings. The molecule has 0 bridgehead atoms. The quantitative estimate of drug-likeness (QED) is 0.753. The molecule has 1 saturated heterocycles. The summed E-state index contributed by atoms with van der Waals surface area (Å²) in [6.45, 7) is 4.95. The van der Waals surface area contributed by atoms with Gasteiger partial charge in [0.15, 0.2) is 11.5 Å². The molecule has 2 aliphatic heterocycles. The van der Waals surface area contributed by atoms with Gasteiger partial charge in [-0.2, -0.15) is 0 Å². The highest BCUT2D eigenvalue weighted by molar-refractivity contribution is 5.98. The van der Waals surface area contributed by atoms with E-state index in [1.807, 2.05) is 25.1 Å². The summed E-state index contributed by atoms with van der Waals surface area (Å²) in [5, 5.41) is 6.00. The van der Waals surface area contributed by atoms with Crippen LogP contribution in [0.25, 0.3) is 0 Å². The molecule has 0 spiro atoms. The largest absolute Gasteiger partial charge is 0.486 e. The van der Waals surface area contributed by atoms with Crippen LogP contribution in [0.5, 0.6) is 11.5 Å². The molecular formula is C25H29N3O4. The smallest absolute Gasteiger partial charge is 0.322 e. The minimum atomic E-state index is -0.0899. The van der Waals surface area contributed by atoms with E-state index < -0.39 is 0 Å². The number of benzene rings is 2. The van der Waals surface area contributed by atoms with Gasteiger partial charge in [-0.25, -0.2) is 4.79 Å². The molecule has 32 heavy (non-hydrogen) atoms. The van der Waals surface area contributed by atoms with Gasteiger partial charge in [0.25, 0.3) is 5.91 Å². The van der Waals surface area contributed by atoms with Crippen molar-refractivity contribution >= 4 is 17.6 Å². The van der Waals surface area contributed by atoms with Gasteiger partial charge in [-0.05, 0) is 61.2 Å². The summed E-state index contributed by atoms with van der Waals surface area (Å²) >= 11 is 0. The molecule has 7 heteroatoms. The van der Waals surface area contributed by atoms with Crippen LogP contribution in [0.15, 0.2) is 36.4 Å². The molecule has 7 nitrogen and oxygen atoms in total. The third-order valence-electron chi connectivity index (χ3n) is 6.91. The standard InChI is InChI=1S/C25H29N3O4/c1-17-14-18(4-6-20(17)28-11-10-26-24(28)30)23(29)27-16-25(8-2-3-9-25)19-5-7-21-22(15-19)32-13-12-31-21/h4-7,14-15H,2-3,8-13,16H2,1H3,(H,26,30)(H,27,29). The average Bonchev–Trinajstić information content (AvgIpc) is 3.47. The monoisotopic (exact) mass is 435 g/mol. The van der Waals surface area contributed by atoms with Gasteiger partial charge in [-0.15, -0.1) is 0 Å². The van der Waals surface area contributed by atoms with E-state index in [4.69, 9.17) is 9.47 Å². The molecule has 2 aromatic rings. The Morgan fingerprint density at radius 3 is 2.59 bits per heavy atom.